The largest absolute Gasteiger partial charge is 0.384 e. The van der Waals surface area contributed by atoms with Crippen LogP contribution < -0.4 is 10.2 Å². The van der Waals surface area contributed by atoms with Crippen molar-refractivity contribution in [3.63, 3.8) is 0 Å². The first-order valence-electron chi connectivity index (χ1n) is 5.86. The smallest absolute Gasteiger partial charge is 0.240 e. The zero-order chi connectivity index (χ0) is 12.4. The minimum absolute atomic E-state index is 0.112. The summed E-state index contributed by atoms with van der Waals surface area (Å²) in [6.45, 7) is 1.43. The van der Waals surface area contributed by atoms with Gasteiger partial charge in [0.1, 0.15) is 0 Å². The summed E-state index contributed by atoms with van der Waals surface area (Å²) in [5.41, 5.74) is 3.47. The van der Waals surface area contributed by atoms with Crippen LogP contribution in [0.25, 0.3) is 0 Å². The lowest BCUT2D eigenvalue weighted by molar-refractivity contribution is -0.118. The maximum atomic E-state index is 11.9. The van der Waals surface area contributed by atoms with Gasteiger partial charge in [0.05, 0.1) is 6.54 Å². The summed E-state index contributed by atoms with van der Waals surface area (Å²) in [6.07, 6.45) is 1.04. The van der Waals surface area contributed by atoms with Crippen LogP contribution in [0.15, 0.2) is 18.2 Å². The molecule has 1 heterocycles. The van der Waals surface area contributed by atoms with E-state index in [0.29, 0.717) is 6.54 Å². The van der Waals surface area contributed by atoms with Crippen LogP contribution in [0.2, 0.25) is 0 Å². The standard InChI is InChI=1S/C13H19N3O/c1-15(2)9-13(17)16(3)11-4-5-12-10(8-11)6-7-14-12/h4-5,8,14H,6-7,9H2,1-3H3. The van der Waals surface area contributed by atoms with E-state index in [0.717, 1.165) is 18.7 Å². The lowest BCUT2D eigenvalue weighted by Crippen LogP contribution is -2.35. The van der Waals surface area contributed by atoms with Gasteiger partial charge in [-0.25, -0.2) is 0 Å². The molecule has 0 aliphatic carbocycles. The van der Waals surface area contributed by atoms with E-state index in [1.807, 2.05) is 32.1 Å². The van der Waals surface area contributed by atoms with Crippen LogP contribution in [0.1, 0.15) is 5.56 Å². The topological polar surface area (TPSA) is 35.6 Å². The molecule has 0 unspecified atom stereocenters. The van der Waals surface area contributed by atoms with Gasteiger partial charge in [-0.15, -0.1) is 0 Å². The van der Waals surface area contributed by atoms with Gasteiger partial charge in [0.25, 0.3) is 0 Å². The van der Waals surface area contributed by atoms with Crippen molar-refractivity contribution < 1.29 is 4.79 Å². The van der Waals surface area contributed by atoms with E-state index in [-0.39, 0.29) is 5.91 Å². The van der Waals surface area contributed by atoms with Crippen molar-refractivity contribution in [2.24, 2.45) is 0 Å². The fourth-order valence-electron chi connectivity index (χ4n) is 2.02. The minimum Gasteiger partial charge on any atom is -0.384 e. The first-order valence-corrected chi connectivity index (χ1v) is 5.86. The van der Waals surface area contributed by atoms with Crippen LogP contribution in [-0.4, -0.2) is 45.0 Å². The van der Waals surface area contributed by atoms with E-state index in [9.17, 15) is 4.79 Å². The number of benzene rings is 1. The molecule has 0 aromatic heterocycles. The Labute approximate surface area is 102 Å². The highest BCUT2D eigenvalue weighted by Gasteiger charge is 2.15. The lowest BCUT2D eigenvalue weighted by atomic mass is 10.1. The molecule has 4 nitrogen and oxygen atoms in total. The number of likely N-dealkylation sites (N-methyl/N-ethyl adjacent to an activating group) is 2. The SMILES string of the molecule is CN(C)CC(=O)N(C)c1ccc2c(c1)CCN2. The van der Waals surface area contributed by atoms with Gasteiger partial charge in [0.2, 0.25) is 5.91 Å². The first kappa shape index (κ1) is 11.9. The van der Waals surface area contributed by atoms with E-state index in [4.69, 9.17) is 0 Å². The predicted octanol–water partition coefficient (Wildman–Crippen LogP) is 1.18. The fourth-order valence-corrected chi connectivity index (χ4v) is 2.02. The summed E-state index contributed by atoms with van der Waals surface area (Å²) >= 11 is 0. The van der Waals surface area contributed by atoms with Gasteiger partial charge < -0.3 is 15.1 Å². The summed E-state index contributed by atoms with van der Waals surface area (Å²) in [4.78, 5) is 15.5. The fraction of sp³-hybridized carbons (Fsp3) is 0.462. The molecule has 1 aromatic carbocycles. The van der Waals surface area contributed by atoms with Crippen molar-refractivity contribution in [1.29, 1.82) is 0 Å². The van der Waals surface area contributed by atoms with Gasteiger partial charge in [-0.05, 0) is 44.3 Å². The Hall–Kier alpha value is -1.55. The van der Waals surface area contributed by atoms with Gasteiger partial charge in [-0.2, -0.15) is 0 Å². The Morgan fingerprint density at radius 1 is 1.35 bits per heavy atom. The third-order valence-electron chi connectivity index (χ3n) is 3.01. The molecule has 17 heavy (non-hydrogen) atoms. The molecule has 0 radical (unpaired) electrons. The third-order valence-corrected chi connectivity index (χ3v) is 3.01. The van der Waals surface area contributed by atoms with Crippen molar-refractivity contribution in [2.75, 3.05) is 44.4 Å². The molecular formula is C13H19N3O. The van der Waals surface area contributed by atoms with Crippen molar-refractivity contribution in [1.82, 2.24) is 4.90 Å². The molecule has 1 amide bonds. The number of anilines is 2. The Morgan fingerprint density at radius 2 is 2.12 bits per heavy atom. The van der Waals surface area contributed by atoms with Crippen molar-refractivity contribution in [2.45, 2.75) is 6.42 Å². The molecule has 1 aliphatic rings. The normalized spacial score (nSPS) is 13.4. The van der Waals surface area contributed by atoms with Crippen molar-refractivity contribution >= 4 is 17.3 Å². The zero-order valence-electron chi connectivity index (χ0n) is 10.7. The molecule has 0 atom stereocenters. The second-order valence-corrected chi connectivity index (χ2v) is 4.71. The molecule has 4 heteroatoms. The maximum absolute atomic E-state index is 11.9. The second-order valence-electron chi connectivity index (χ2n) is 4.71. The first-order chi connectivity index (χ1) is 8.08. The summed E-state index contributed by atoms with van der Waals surface area (Å²) in [6, 6.07) is 6.14. The molecular weight excluding hydrogens is 214 g/mol. The van der Waals surface area contributed by atoms with E-state index < -0.39 is 0 Å². The Kier molecular flexibility index (Phi) is 3.33. The molecule has 2 rings (SSSR count). The van der Waals surface area contributed by atoms with Gasteiger partial charge in [-0.3, -0.25) is 4.79 Å². The maximum Gasteiger partial charge on any atom is 0.240 e. The van der Waals surface area contributed by atoms with Gasteiger partial charge in [-0.1, -0.05) is 0 Å². The Bertz CT molecular complexity index is 429. The number of carbonyl (C=O) groups is 1. The molecule has 0 fully saturated rings. The molecule has 1 aromatic rings. The molecule has 0 saturated heterocycles. The number of hydrogen-bond acceptors (Lipinski definition) is 3. The van der Waals surface area contributed by atoms with Crippen LogP contribution in [-0.2, 0) is 11.2 Å². The summed E-state index contributed by atoms with van der Waals surface area (Å²) in [5.74, 6) is 0.112. The summed E-state index contributed by atoms with van der Waals surface area (Å²) in [5, 5.41) is 3.32. The summed E-state index contributed by atoms with van der Waals surface area (Å²) < 4.78 is 0. The number of hydrogen-bond donors (Lipinski definition) is 1. The number of amides is 1. The minimum atomic E-state index is 0.112. The molecule has 0 spiro atoms. The average molecular weight is 233 g/mol. The predicted molar refractivity (Wildman–Crippen MR) is 70.6 cm³/mol. The van der Waals surface area contributed by atoms with Crippen LogP contribution in [0.5, 0.6) is 0 Å². The van der Waals surface area contributed by atoms with Gasteiger partial charge in [0.15, 0.2) is 0 Å². The highest BCUT2D eigenvalue weighted by atomic mass is 16.2. The van der Waals surface area contributed by atoms with E-state index in [1.54, 1.807) is 4.90 Å². The van der Waals surface area contributed by atoms with Gasteiger partial charge >= 0.3 is 0 Å². The molecule has 92 valence electrons. The molecule has 0 bridgehead atoms. The number of nitrogens with zero attached hydrogens (tertiary/aromatic N) is 2. The Balaban J connectivity index is 2.14. The van der Waals surface area contributed by atoms with Crippen molar-refractivity contribution in [3.8, 4) is 0 Å². The summed E-state index contributed by atoms with van der Waals surface area (Å²) in [7, 11) is 5.63. The van der Waals surface area contributed by atoms with Crippen molar-refractivity contribution in [3.05, 3.63) is 23.8 Å². The van der Waals surface area contributed by atoms with Crippen LogP contribution in [0.4, 0.5) is 11.4 Å². The van der Waals surface area contributed by atoms with E-state index >= 15 is 0 Å². The van der Waals surface area contributed by atoms with Crippen LogP contribution in [0, 0.1) is 0 Å². The monoisotopic (exact) mass is 233 g/mol. The lowest BCUT2D eigenvalue weighted by Gasteiger charge is -2.20. The highest BCUT2D eigenvalue weighted by molar-refractivity contribution is 5.94. The zero-order valence-corrected chi connectivity index (χ0v) is 10.7. The number of carbonyl (C=O) groups excluding carboxylic acids is 1. The number of nitrogens with one attached hydrogen (secondary N) is 1. The van der Waals surface area contributed by atoms with Crippen LogP contribution >= 0.6 is 0 Å². The highest BCUT2D eigenvalue weighted by Crippen LogP contribution is 2.26. The van der Waals surface area contributed by atoms with E-state index in [1.165, 1.54) is 11.3 Å². The number of fused-ring (bicyclic) bond motifs is 1. The Morgan fingerprint density at radius 3 is 2.82 bits per heavy atom. The third kappa shape index (κ3) is 2.58. The van der Waals surface area contributed by atoms with Crippen LogP contribution in [0.3, 0.4) is 0 Å². The quantitative estimate of drug-likeness (QED) is 0.851. The second kappa shape index (κ2) is 4.75. The average Bonchev–Trinajstić information content (AvgIpc) is 2.73. The molecule has 0 saturated carbocycles. The van der Waals surface area contributed by atoms with E-state index in [2.05, 4.69) is 17.4 Å². The number of rotatable bonds is 3. The van der Waals surface area contributed by atoms with Gasteiger partial charge in [0, 0.05) is 25.0 Å². The molecule has 1 aliphatic heterocycles. The molecule has 1 N–H and O–H groups in total.